The summed E-state index contributed by atoms with van der Waals surface area (Å²) in [6.07, 6.45) is 0.776. The fraction of sp³-hybridized carbons (Fsp3) is 1.00. The smallest absolute Gasteiger partial charge is 0.390 e. The lowest BCUT2D eigenvalue weighted by Crippen LogP contribution is -2.64. The number of hydrogen-bond donors (Lipinski definition) is 6. The van der Waals surface area contributed by atoms with Gasteiger partial charge in [-0.15, -0.1) is 0 Å². The lowest BCUT2D eigenvalue weighted by molar-refractivity contribution is 0.128. The van der Waals surface area contributed by atoms with E-state index in [1.807, 2.05) is 0 Å². The Morgan fingerprint density at radius 1 is 0.733 bits per heavy atom. The topological polar surface area (TPSA) is 121 Å². The molecule has 0 aliphatic heterocycles. The minimum Gasteiger partial charge on any atom is -0.390 e. The van der Waals surface area contributed by atoms with Crippen molar-refractivity contribution in [2.75, 3.05) is 0 Å². The van der Waals surface area contributed by atoms with E-state index in [-0.39, 0.29) is 12.8 Å². The van der Waals surface area contributed by atoms with Crippen LogP contribution in [0.2, 0.25) is 4.66 Å². The zero-order valence-corrected chi connectivity index (χ0v) is 11.0. The van der Waals surface area contributed by atoms with Crippen molar-refractivity contribution in [3.63, 3.8) is 0 Å². The molecule has 15 heavy (non-hydrogen) atoms. The van der Waals surface area contributed by atoms with Crippen LogP contribution in [0.3, 0.4) is 0 Å². The highest BCUT2D eigenvalue weighted by atomic mass is 28.5. The van der Waals surface area contributed by atoms with Crippen LogP contribution in [0, 0.1) is 0 Å². The van der Waals surface area contributed by atoms with Crippen LogP contribution in [0.4, 0.5) is 0 Å². The zero-order chi connectivity index (χ0) is 12.3. The van der Waals surface area contributed by atoms with E-state index < -0.39 is 22.3 Å². The second kappa shape index (κ2) is 5.02. The van der Waals surface area contributed by atoms with Crippen LogP contribution in [0.25, 0.3) is 0 Å². The molecule has 0 unspecified atom stereocenters. The highest BCUT2D eigenvalue weighted by Gasteiger charge is 2.68. The fourth-order valence-corrected chi connectivity index (χ4v) is 6.02. The van der Waals surface area contributed by atoms with Gasteiger partial charge in [-0.2, -0.15) is 0 Å². The standard InChI is InChI=1S/C7H20O6Si2/c1-3-5-7(6-4-2,14(8,9)10)15(11,12)13/h8-13H,3-6H2,1-2H3. The second-order valence-corrected chi connectivity index (χ2v) is 8.81. The Hall–Kier alpha value is 0.194. The summed E-state index contributed by atoms with van der Waals surface area (Å²) in [5, 5.41) is 0. The van der Waals surface area contributed by atoms with E-state index in [1.54, 1.807) is 13.8 Å². The molecule has 8 heteroatoms. The molecule has 0 heterocycles. The third kappa shape index (κ3) is 3.08. The average molecular weight is 256 g/mol. The predicted octanol–water partition coefficient (Wildman–Crippen LogP) is -1.30. The van der Waals surface area contributed by atoms with Gasteiger partial charge in [-0.1, -0.05) is 26.7 Å². The molecule has 0 rings (SSSR count). The van der Waals surface area contributed by atoms with Crippen LogP contribution >= 0.6 is 0 Å². The molecule has 0 aliphatic rings. The van der Waals surface area contributed by atoms with Crippen molar-refractivity contribution >= 4 is 17.6 Å². The van der Waals surface area contributed by atoms with Crippen molar-refractivity contribution < 1.29 is 28.8 Å². The zero-order valence-electron chi connectivity index (χ0n) is 9.01. The van der Waals surface area contributed by atoms with Crippen molar-refractivity contribution in [1.82, 2.24) is 0 Å². The summed E-state index contributed by atoms with van der Waals surface area (Å²) in [4.78, 5) is 56.0. The van der Waals surface area contributed by atoms with Gasteiger partial charge in [0.2, 0.25) is 0 Å². The van der Waals surface area contributed by atoms with Crippen molar-refractivity contribution in [1.29, 1.82) is 0 Å². The summed E-state index contributed by atoms with van der Waals surface area (Å²) in [5.74, 6) is 0. The predicted molar refractivity (Wildman–Crippen MR) is 57.3 cm³/mol. The molecule has 0 atom stereocenters. The van der Waals surface area contributed by atoms with Crippen LogP contribution in [0.15, 0.2) is 0 Å². The summed E-state index contributed by atoms with van der Waals surface area (Å²) < 4.78 is -1.91. The SMILES string of the molecule is CCCC(CCC)([Si](O)(O)O)[Si](O)(O)O. The Morgan fingerprint density at radius 2 is 1.00 bits per heavy atom. The average Bonchev–Trinajstić information content (AvgIpc) is 1.99. The monoisotopic (exact) mass is 256 g/mol. The maximum Gasteiger partial charge on any atom is 0.503 e. The molecular weight excluding hydrogens is 236 g/mol. The highest BCUT2D eigenvalue weighted by Crippen LogP contribution is 2.47. The van der Waals surface area contributed by atoms with Crippen LogP contribution in [-0.2, 0) is 0 Å². The second-order valence-electron chi connectivity index (χ2n) is 3.85. The Balaban J connectivity index is 5.28. The maximum absolute atomic E-state index is 9.33. The first-order chi connectivity index (χ1) is 6.62. The maximum atomic E-state index is 9.33. The van der Waals surface area contributed by atoms with E-state index in [9.17, 15) is 28.8 Å². The van der Waals surface area contributed by atoms with Crippen LogP contribution in [0.1, 0.15) is 39.5 Å². The minimum absolute atomic E-state index is 0.0215. The van der Waals surface area contributed by atoms with Crippen LogP contribution in [0.5, 0.6) is 0 Å². The summed E-state index contributed by atoms with van der Waals surface area (Å²) in [6, 6.07) is 0. The van der Waals surface area contributed by atoms with Gasteiger partial charge in [0.25, 0.3) is 0 Å². The van der Waals surface area contributed by atoms with Gasteiger partial charge >= 0.3 is 17.6 Å². The molecular formula is C7H20O6Si2. The molecule has 0 amide bonds. The third-order valence-corrected chi connectivity index (χ3v) is 8.22. The number of rotatable bonds is 6. The first-order valence-electron chi connectivity index (χ1n) is 4.96. The Morgan fingerprint density at radius 3 is 1.13 bits per heavy atom. The van der Waals surface area contributed by atoms with Gasteiger partial charge in [0.05, 0.1) is 0 Å². The van der Waals surface area contributed by atoms with E-state index in [0.29, 0.717) is 12.8 Å². The Kier molecular flexibility index (Phi) is 5.08. The van der Waals surface area contributed by atoms with E-state index in [4.69, 9.17) is 0 Å². The van der Waals surface area contributed by atoms with Gasteiger partial charge in [-0.3, -0.25) is 0 Å². The van der Waals surface area contributed by atoms with E-state index in [2.05, 4.69) is 0 Å². The lowest BCUT2D eigenvalue weighted by Gasteiger charge is -2.40. The summed E-state index contributed by atoms with van der Waals surface area (Å²) in [7, 11) is -9.61. The molecule has 0 radical (unpaired) electrons. The molecule has 6 nitrogen and oxygen atoms in total. The lowest BCUT2D eigenvalue weighted by atomic mass is 10.1. The molecule has 0 bridgehead atoms. The van der Waals surface area contributed by atoms with Gasteiger partial charge in [0, 0.05) is 0 Å². The largest absolute Gasteiger partial charge is 0.503 e. The minimum atomic E-state index is -4.80. The molecule has 0 aromatic rings. The summed E-state index contributed by atoms with van der Waals surface area (Å²) in [5.41, 5.74) is 0. The van der Waals surface area contributed by atoms with Crippen LogP contribution < -0.4 is 0 Å². The van der Waals surface area contributed by atoms with Gasteiger partial charge in [-0.05, 0) is 12.8 Å². The van der Waals surface area contributed by atoms with Gasteiger partial charge in [0.15, 0.2) is 0 Å². The first kappa shape index (κ1) is 15.2. The molecule has 6 N–H and O–H groups in total. The van der Waals surface area contributed by atoms with Crippen molar-refractivity contribution in [2.24, 2.45) is 0 Å². The molecule has 0 aromatic carbocycles. The summed E-state index contributed by atoms with van der Waals surface area (Å²) in [6.45, 7) is 3.40. The molecule has 0 fully saturated rings. The van der Waals surface area contributed by atoms with E-state index in [1.165, 1.54) is 0 Å². The Bertz CT molecular complexity index is 175. The summed E-state index contributed by atoms with van der Waals surface area (Å²) >= 11 is 0. The van der Waals surface area contributed by atoms with E-state index >= 15 is 0 Å². The third-order valence-electron chi connectivity index (χ3n) is 2.64. The Labute approximate surface area is 91.2 Å². The molecule has 0 saturated heterocycles. The van der Waals surface area contributed by atoms with Gasteiger partial charge in [-0.25, -0.2) is 0 Å². The normalized spacial score (nSPS) is 14.4. The molecule has 0 saturated carbocycles. The fourth-order valence-electron chi connectivity index (χ4n) is 1.87. The first-order valence-corrected chi connectivity index (χ1v) is 8.65. The van der Waals surface area contributed by atoms with Crippen molar-refractivity contribution in [3.8, 4) is 0 Å². The quantitative estimate of drug-likeness (QED) is 0.328. The molecule has 0 spiro atoms. The highest BCUT2D eigenvalue weighted by molar-refractivity contribution is 6.81. The molecule has 0 aromatic heterocycles. The van der Waals surface area contributed by atoms with E-state index in [0.717, 1.165) is 0 Å². The van der Waals surface area contributed by atoms with Gasteiger partial charge < -0.3 is 28.8 Å². The van der Waals surface area contributed by atoms with Gasteiger partial charge in [0.1, 0.15) is 4.66 Å². The molecule has 0 aliphatic carbocycles. The van der Waals surface area contributed by atoms with Crippen molar-refractivity contribution in [3.05, 3.63) is 0 Å². The number of hydrogen-bond acceptors (Lipinski definition) is 6. The van der Waals surface area contributed by atoms with Crippen molar-refractivity contribution in [2.45, 2.75) is 44.2 Å². The molecule has 92 valence electrons. The van der Waals surface area contributed by atoms with Crippen LogP contribution in [-0.4, -0.2) is 46.4 Å².